The van der Waals surface area contributed by atoms with Crippen molar-refractivity contribution in [1.82, 2.24) is 0 Å². The SMILES string of the molecule is CC(C)(C)C(=O)OCC[C@H]1C=CC[C@H]1CCO[Si](c1ccccc1)(c1ccccc1)C(C)(C)C. The summed E-state index contributed by atoms with van der Waals surface area (Å²) in [7, 11) is -2.49. The number of rotatable bonds is 9. The standard InChI is InChI=1S/C30H42O3Si/c1-29(2,3)28(31)32-22-20-24-14-13-15-25(24)21-23-33-34(30(4,5)6,26-16-9-7-10-17-26)27-18-11-8-12-19-27/h7-14,16-19,24-25H,15,20-23H2,1-6H3/t24-,25+/m1/s1. The van der Waals surface area contributed by atoms with Gasteiger partial charge in [-0.3, -0.25) is 4.79 Å². The number of carbonyl (C=O) groups excluding carboxylic acids is 1. The third kappa shape index (κ3) is 6.08. The summed E-state index contributed by atoms with van der Waals surface area (Å²) >= 11 is 0. The molecule has 2 atom stereocenters. The van der Waals surface area contributed by atoms with Crippen LogP contribution in [0, 0.1) is 17.3 Å². The first kappa shape index (κ1) is 26.4. The third-order valence-corrected chi connectivity index (χ3v) is 12.0. The lowest BCUT2D eigenvalue weighted by atomic mass is 9.90. The minimum Gasteiger partial charge on any atom is -0.465 e. The average Bonchev–Trinajstić information content (AvgIpc) is 3.23. The van der Waals surface area contributed by atoms with Gasteiger partial charge in [-0.05, 0) is 67.3 Å². The Hall–Kier alpha value is -2.17. The molecule has 0 saturated heterocycles. The third-order valence-electron chi connectivity index (χ3n) is 6.95. The van der Waals surface area contributed by atoms with Crippen LogP contribution in [0.1, 0.15) is 60.8 Å². The van der Waals surface area contributed by atoms with Crippen LogP contribution in [0.5, 0.6) is 0 Å². The minimum atomic E-state index is -2.49. The maximum Gasteiger partial charge on any atom is 0.311 e. The lowest BCUT2D eigenvalue weighted by Crippen LogP contribution is -2.66. The average molecular weight is 479 g/mol. The molecule has 2 aromatic carbocycles. The lowest BCUT2D eigenvalue weighted by molar-refractivity contribution is -0.153. The number of hydrogen-bond acceptors (Lipinski definition) is 3. The molecule has 0 heterocycles. The Balaban J connectivity index is 1.71. The number of ether oxygens (including phenoxy) is 1. The highest BCUT2D eigenvalue weighted by Crippen LogP contribution is 2.38. The van der Waals surface area contributed by atoms with Gasteiger partial charge in [0.05, 0.1) is 12.0 Å². The summed E-state index contributed by atoms with van der Waals surface area (Å²) < 4.78 is 12.6. The Morgan fingerprint density at radius 2 is 1.41 bits per heavy atom. The van der Waals surface area contributed by atoms with Gasteiger partial charge in [-0.1, -0.05) is 93.6 Å². The van der Waals surface area contributed by atoms with E-state index in [1.807, 2.05) is 20.8 Å². The van der Waals surface area contributed by atoms with Crippen LogP contribution in [0.15, 0.2) is 72.8 Å². The van der Waals surface area contributed by atoms with Crippen molar-refractivity contribution in [3.63, 3.8) is 0 Å². The fourth-order valence-corrected chi connectivity index (χ4v) is 9.63. The van der Waals surface area contributed by atoms with E-state index in [1.165, 1.54) is 10.4 Å². The molecule has 0 aliphatic heterocycles. The molecule has 1 aliphatic carbocycles. The van der Waals surface area contributed by atoms with Gasteiger partial charge < -0.3 is 9.16 Å². The first-order valence-corrected chi connectivity index (χ1v) is 14.6. The van der Waals surface area contributed by atoms with Crippen molar-refractivity contribution in [2.75, 3.05) is 13.2 Å². The number of hydrogen-bond donors (Lipinski definition) is 0. The fourth-order valence-electron chi connectivity index (χ4n) is 5.05. The highest BCUT2D eigenvalue weighted by atomic mass is 28.4. The Morgan fingerprint density at radius 3 is 1.91 bits per heavy atom. The first-order chi connectivity index (χ1) is 16.1. The van der Waals surface area contributed by atoms with Crippen LogP contribution in [0.2, 0.25) is 5.04 Å². The van der Waals surface area contributed by atoms with Gasteiger partial charge >= 0.3 is 5.97 Å². The van der Waals surface area contributed by atoms with Gasteiger partial charge in [-0.15, -0.1) is 0 Å². The van der Waals surface area contributed by atoms with Crippen molar-refractivity contribution >= 4 is 24.7 Å². The van der Waals surface area contributed by atoms with Gasteiger partial charge in [0.15, 0.2) is 0 Å². The van der Waals surface area contributed by atoms with E-state index in [0.29, 0.717) is 18.4 Å². The number of esters is 1. The highest BCUT2D eigenvalue weighted by Gasteiger charge is 2.50. The summed E-state index contributed by atoms with van der Waals surface area (Å²) in [5.41, 5.74) is -0.450. The summed E-state index contributed by atoms with van der Waals surface area (Å²) in [6.07, 6.45) is 7.54. The molecule has 0 bridgehead atoms. The molecular weight excluding hydrogens is 436 g/mol. The summed E-state index contributed by atoms with van der Waals surface area (Å²) in [4.78, 5) is 12.1. The van der Waals surface area contributed by atoms with Crippen LogP contribution in [0.25, 0.3) is 0 Å². The van der Waals surface area contributed by atoms with Gasteiger partial charge in [0.1, 0.15) is 0 Å². The molecule has 0 amide bonds. The fraction of sp³-hybridized carbons (Fsp3) is 0.500. The number of carbonyl (C=O) groups is 1. The van der Waals surface area contributed by atoms with Crippen LogP contribution < -0.4 is 10.4 Å². The molecule has 3 nitrogen and oxygen atoms in total. The number of benzene rings is 2. The lowest BCUT2D eigenvalue weighted by Gasteiger charge is -2.43. The van der Waals surface area contributed by atoms with Crippen molar-refractivity contribution in [2.45, 2.75) is 65.8 Å². The predicted molar refractivity (Wildman–Crippen MR) is 144 cm³/mol. The van der Waals surface area contributed by atoms with Gasteiger partial charge in [-0.2, -0.15) is 0 Å². The summed E-state index contributed by atoms with van der Waals surface area (Å²) in [5.74, 6) is 0.850. The molecule has 3 rings (SSSR count). The van der Waals surface area contributed by atoms with E-state index < -0.39 is 13.7 Å². The zero-order chi connectivity index (χ0) is 24.8. The molecular formula is C30H42O3Si. The van der Waals surface area contributed by atoms with Crippen LogP contribution in [-0.2, 0) is 14.0 Å². The molecule has 4 heteroatoms. The van der Waals surface area contributed by atoms with Crippen LogP contribution >= 0.6 is 0 Å². The number of allylic oxidation sites excluding steroid dienone is 2. The molecule has 0 unspecified atom stereocenters. The molecule has 0 aromatic heterocycles. The Morgan fingerprint density at radius 1 is 0.853 bits per heavy atom. The van der Waals surface area contributed by atoms with Crippen molar-refractivity contribution < 1.29 is 14.0 Å². The largest absolute Gasteiger partial charge is 0.465 e. The quantitative estimate of drug-likeness (QED) is 0.247. The molecule has 2 aromatic rings. The van der Waals surface area contributed by atoms with Crippen LogP contribution in [0.4, 0.5) is 0 Å². The molecule has 0 spiro atoms. The normalized spacial score (nSPS) is 18.8. The minimum absolute atomic E-state index is 0.00973. The van der Waals surface area contributed by atoms with Crippen LogP contribution in [-0.4, -0.2) is 27.5 Å². The van der Waals surface area contributed by atoms with E-state index in [9.17, 15) is 4.79 Å². The molecule has 0 saturated carbocycles. The van der Waals surface area contributed by atoms with Crippen molar-refractivity contribution in [1.29, 1.82) is 0 Å². The zero-order valence-corrected chi connectivity index (χ0v) is 22.8. The Labute approximate surface area is 207 Å². The smallest absolute Gasteiger partial charge is 0.311 e. The summed E-state index contributed by atoms with van der Waals surface area (Å²) in [6.45, 7) is 13.9. The maximum atomic E-state index is 12.1. The second-order valence-electron chi connectivity index (χ2n) is 11.6. The summed E-state index contributed by atoms with van der Waals surface area (Å²) in [6, 6.07) is 21.7. The molecule has 1 aliphatic rings. The molecule has 184 valence electrons. The predicted octanol–water partition coefficient (Wildman–Crippen LogP) is 6.12. The Kier molecular flexibility index (Phi) is 8.59. The maximum absolute atomic E-state index is 12.1. The zero-order valence-electron chi connectivity index (χ0n) is 21.8. The van der Waals surface area contributed by atoms with Gasteiger partial charge in [0, 0.05) is 6.61 Å². The second-order valence-corrected chi connectivity index (χ2v) is 15.9. The topological polar surface area (TPSA) is 35.5 Å². The van der Waals surface area contributed by atoms with E-state index in [4.69, 9.17) is 9.16 Å². The molecule has 0 N–H and O–H groups in total. The first-order valence-electron chi connectivity index (χ1n) is 12.6. The van der Waals surface area contributed by atoms with Gasteiger partial charge in [0.25, 0.3) is 8.32 Å². The monoisotopic (exact) mass is 478 g/mol. The highest BCUT2D eigenvalue weighted by molar-refractivity contribution is 6.99. The van der Waals surface area contributed by atoms with Crippen molar-refractivity contribution in [3.05, 3.63) is 72.8 Å². The molecule has 0 fully saturated rings. The van der Waals surface area contributed by atoms with E-state index >= 15 is 0 Å². The van der Waals surface area contributed by atoms with Crippen LogP contribution in [0.3, 0.4) is 0 Å². The van der Waals surface area contributed by atoms with E-state index in [1.54, 1.807) is 0 Å². The van der Waals surface area contributed by atoms with Crippen molar-refractivity contribution in [3.8, 4) is 0 Å². The van der Waals surface area contributed by atoms with E-state index in [2.05, 4.69) is 93.6 Å². The summed E-state index contributed by atoms with van der Waals surface area (Å²) in [5, 5.41) is 2.64. The van der Waals surface area contributed by atoms with Gasteiger partial charge in [-0.25, -0.2) is 0 Å². The molecule has 0 radical (unpaired) electrons. The molecule has 34 heavy (non-hydrogen) atoms. The van der Waals surface area contributed by atoms with E-state index in [0.717, 1.165) is 25.9 Å². The van der Waals surface area contributed by atoms with Gasteiger partial charge in [0.2, 0.25) is 0 Å². The second kappa shape index (κ2) is 11.0. The van der Waals surface area contributed by atoms with Crippen molar-refractivity contribution in [2.24, 2.45) is 17.3 Å². The van der Waals surface area contributed by atoms with E-state index in [-0.39, 0.29) is 11.0 Å². The Bertz CT molecular complexity index is 899.